The highest BCUT2D eigenvalue weighted by molar-refractivity contribution is 7.85. The van der Waals surface area contributed by atoms with Crippen molar-refractivity contribution in [2.45, 2.75) is 16.7 Å². The van der Waals surface area contributed by atoms with Crippen LogP contribution < -0.4 is 0 Å². The molecule has 0 aliphatic rings. The summed E-state index contributed by atoms with van der Waals surface area (Å²) >= 11 is 1.59. The van der Waals surface area contributed by atoms with Crippen LogP contribution in [0, 0.1) is 6.92 Å². The van der Waals surface area contributed by atoms with Crippen molar-refractivity contribution < 1.29 is 4.21 Å². The Balaban J connectivity index is 2.01. The summed E-state index contributed by atoms with van der Waals surface area (Å²) < 4.78 is 12.7. The zero-order valence-corrected chi connectivity index (χ0v) is 12.6. The lowest BCUT2D eigenvalue weighted by atomic mass is 10.2. The van der Waals surface area contributed by atoms with E-state index in [2.05, 4.69) is 4.98 Å². The highest BCUT2D eigenvalue weighted by Gasteiger charge is 2.11. The van der Waals surface area contributed by atoms with Gasteiger partial charge in [0.05, 0.1) is 10.8 Å². The summed E-state index contributed by atoms with van der Waals surface area (Å²) in [5.41, 5.74) is 2.06. The second-order valence-electron chi connectivity index (χ2n) is 4.40. The van der Waals surface area contributed by atoms with Gasteiger partial charge in [0.25, 0.3) is 0 Å². The number of aromatic nitrogens is 1. The van der Waals surface area contributed by atoms with Crippen LogP contribution in [0.5, 0.6) is 0 Å². The molecule has 1 unspecified atom stereocenters. The molecule has 0 spiro atoms. The zero-order valence-electron chi connectivity index (χ0n) is 10.9. The predicted octanol–water partition coefficient (Wildman–Crippen LogP) is 4.29. The minimum Gasteiger partial charge on any atom is -0.249 e. The molecule has 0 aliphatic heterocycles. The molecule has 0 amide bonds. The summed E-state index contributed by atoms with van der Waals surface area (Å²) in [4.78, 5) is 5.97. The quantitative estimate of drug-likeness (QED) is 0.722. The topological polar surface area (TPSA) is 30.0 Å². The van der Waals surface area contributed by atoms with E-state index in [-0.39, 0.29) is 0 Å². The molecule has 0 aliphatic carbocycles. The van der Waals surface area contributed by atoms with Crippen LogP contribution in [0.2, 0.25) is 0 Å². The molecule has 2 nitrogen and oxygen atoms in total. The zero-order chi connectivity index (χ0) is 13.9. The van der Waals surface area contributed by atoms with Gasteiger partial charge in [0.1, 0.15) is 5.01 Å². The van der Waals surface area contributed by atoms with Crippen LogP contribution in [0.3, 0.4) is 0 Å². The average Bonchev–Trinajstić information content (AvgIpc) is 3.01. The molecule has 0 N–H and O–H groups in total. The third kappa shape index (κ3) is 2.57. The highest BCUT2D eigenvalue weighted by atomic mass is 32.2. The minimum atomic E-state index is -1.15. The van der Waals surface area contributed by atoms with Crippen molar-refractivity contribution >= 4 is 22.1 Å². The van der Waals surface area contributed by atoms with Crippen molar-refractivity contribution in [3.63, 3.8) is 0 Å². The number of thiazole rings is 1. The number of benzene rings is 2. The van der Waals surface area contributed by atoms with E-state index in [1.54, 1.807) is 17.5 Å². The van der Waals surface area contributed by atoms with Crippen LogP contribution in [0.15, 0.2) is 69.9 Å². The molecule has 4 heteroatoms. The fourth-order valence-electron chi connectivity index (χ4n) is 2.00. The molecule has 0 saturated heterocycles. The summed E-state index contributed by atoms with van der Waals surface area (Å²) in [5.74, 6) is 0. The Morgan fingerprint density at radius 1 is 1.10 bits per heavy atom. The molecule has 1 aromatic heterocycles. The molecule has 1 atom stereocenters. The number of aryl methyl sites for hydroxylation is 1. The molecular formula is C16H13NOS2. The van der Waals surface area contributed by atoms with Gasteiger partial charge in [-0.2, -0.15) is 0 Å². The van der Waals surface area contributed by atoms with Crippen LogP contribution in [0.4, 0.5) is 0 Å². The first-order valence-corrected chi connectivity index (χ1v) is 8.26. The van der Waals surface area contributed by atoms with Gasteiger partial charge in [0.2, 0.25) is 0 Å². The SMILES string of the molecule is Cc1ccccc1S(=O)c1cccc(-c2nccs2)c1. The second-order valence-corrected chi connectivity index (χ2v) is 6.74. The van der Waals surface area contributed by atoms with E-state index in [9.17, 15) is 4.21 Å². The summed E-state index contributed by atoms with van der Waals surface area (Å²) in [7, 11) is -1.15. The van der Waals surface area contributed by atoms with E-state index in [0.717, 1.165) is 25.9 Å². The van der Waals surface area contributed by atoms with E-state index in [4.69, 9.17) is 0 Å². The molecule has 0 saturated carbocycles. The Hall–Kier alpha value is -1.78. The van der Waals surface area contributed by atoms with Crippen LogP contribution >= 0.6 is 11.3 Å². The molecule has 0 radical (unpaired) electrons. The second kappa shape index (κ2) is 5.69. The number of nitrogens with zero attached hydrogens (tertiary/aromatic N) is 1. The molecule has 1 heterocycles. The Labute approximate surface area is 124 Å². The monoisotopic (exact) mass is 299 g/mol. The molecule has 3 aromatic rings. The molecule has 0 bridgehead atoms. The maximum Gasteiger partial charge on any atom is 0.123 e. The summed E-state index contributed by atoms with van der Waals surface area (Å²) in [6.07, 6.45) is 1.78. The fraction of sp³-hybridized carbons (Fsp3) is 0.0625. The first kappa shape index (κ1) is 13.2. The van der Waals surface area contributed by atoms with E-state index >= 15 is 0 Å². The van der Waals surface area contributed by atoms with Gasteiger partial charge in [-0.05, 0) is 30.7 Å². The van der Waals surface area contributed by atoms with Crippen molar-refractivity contribution in [2.24, 2.45) is 0 Å². The maximum atomic E-state index is 12.7. The van der Waals surface area contributed by atoms with Gasteiger partial charge in [0, 0.05) is 26.9 Å². The maximum absolute atomic E-state index is 12.7. The van der Waals surface area contributed by atoms with Gasteiger partial charge < -0.3 is 0 Å². The van der Waals surface area contributed by atoms with E-state index < -0.39 is 10.8 Å². The third-order valence-electron chi connectivity index (χ3n) is 3.02. The molecule has 20 heavy (non-hydrogen) atoms. The lowest BCUT2D eigenvalue weighted by Gasteiger charge is -2.06. The summed E-state index contributed by atoms with van der Waals surface area (Å²) in [6, 6.07) is 15.6. The Kier molecular flexibility index (Phi) is 3.76. The average molecular weight is 299 g/mol. The first-order valence-electron chi connectivity index (χ1n) is 6.23. The fourth-order valence-corrected chi connectivity index (χ4v) is 3.89. The van der Waals surface area contributed by atoms with Crippen molar-refractivity contribution in [2.75, 3.05) is 0 Å². The Morgan fingerprint density at radius 2 is 1.95 bits per heavy atom. The van der Waals surface area contributed by atoms with Gasteiger partial charge >= 0.3 is 0 Å². The summed E-state index contributed by atoms with van der Waals surface area (Å²) in [5, 5.41) is 2.90. The van der Waals surface area contributed by atoms with Crippen molar-refractivity contribution in [3.05, 3.63) is 65.7 Å². The van der Waals surface area contributed by atoms with E-state index in [0.29, 0.717) is 0 Å². The van der Waals surface area contributed by atoms with Gasteiger partial charge in [0.15, 0.2) is 0 Å². The van der Waals surface area contributed by atoms with Crippen LogP contribution in [0.25, 0.3) is 10.6 Å². The van der Waals surface area contributed by atoms with Crippen LogP contribution in [0.1, 0.15) is 5.56 Å². The van der Waals surface area contributed by atoms with Crippen LogP contribution in [-0.4, -0.2) is 9.19 Å². The van der Waals surface area contributed by atoms with Gasteiger partial charge in [-0.1, -0.05) is 30.3 Å². The van der Waals surface area contributed by atoms with Crippen LogP contribution in [-0.2, 0) is 10.8 Å². The molecule has 0 fully saturated rings. The number of hydrogen-bond acceptors (Lipinski definition) is 3. The molecular weight excluding hydrogens is 286 g/mol. The largest absolute Gasteiger partial charge is 0.249 e. The van der Waals surface area contributed by atoms with Crippen molar-refractivity contribution in [3.8, 4) is 10.6 Å². The predicted molar refractivity (Wildman–Crippen MR) is 83.4 cm³/mol. The molecule has 2 aromatic carbocycles. The lowest BCUT2D eigenvalue weighted by Crippen LogP contribution is -1.95. The van der Waals surface area contributed by atoms with Gasteiger partial charge in [-0.15, -0.1) is 11.3 Å². The smallest absolute Gasteiger partial charge is 0.123 e. The van der Waals surface area contributed by atoms with E-state index in [1.165, 1.54) is 0 Å². The van der Waals surface area contributed by atoms with Crippen molar-refractivity contribution in [1.82, 2.24) is 4.98 Å². The van der Waals surface area contributed by atoms with Crippen molar-refractivity contribution in [1.29, 1.82) is 0 Å². The van der Waals surface area contributed by atoms with E-state index in [1.807, 2.05) is 60.8 Å². The lowest BCUT2D eigenvalue weighted by molar-refractivity contribution is 0.682. The number of rotatable bonds is 3. The third-order valence-corrected chi connectivity index (χ3v) is 5.38. The molecule has 100 valence electrons. The number of hydrogen-bond donors (Lipinski definition) is 0. The molecule has 3 rings (SSSR count). The summed E-state index contributed by atoms with van der Waals surface area (Å²) in [6.45, 7) is 1.98. The first-order chi connectivity index (χ1) is 9.75. The Bertz CT molecular complexity index is 751. The standard InChI is InChI=1S/C16H13NOS2/c1-12-5-2-3-8-15(12)20(18)14-7-4-6-13(11-14)16-17-9-10-19-16/h2-11H,1H3. The van der Waals surface area contributed by atoms with Gasteiger partial charge in [-0.3, -0.25) is 0 Å². The van der Waals surface area contributed by atoms with Gasteiger partial charge in [-0.25, -0.2) is 9.19 Å². The minimum absolute atomic E-state index is 0.812. The highest BCUT2D eigenvalue weighted by Crippen LogP contribution is 2.26. The normalized spacial score (nSPS) is 12.2. The Morgan fingerprint density at radius 3 is 2.70 bits per heavy atom.